The number of aliphatic imine (C=N–C) groups is 1. The molecule has 1 aliphatic rings. The third-order valence-corrected chi connectivity index (χ3v) is 4.61. The first-order valence-electron chi connectivity index (χ1n) is 8.09. The Bertz CT molecular complexity index is 1140. The van der Waals surface area contributed by atoms with Crippen molar-refractivity contribution < 1.29 is 4.79 Å². The molecule has 3 aromatic heterocycles. The maximum absolute atomic E-state index is 11.7. The predicted molar refractivity (Wildman–Crippen MR) is 97.1 cm³/mol. The molecule has 5 heteroatoms. The monoisotopic (exact) mass is 326 g/mol. The summed E-state index contributed by atoms with van der Waals surface area (Å²) in [6.45, 7) is 0. The van der Waals surface area contributed by atoms with Gasteiger partial charge < -0.3 is 9.97 Å². The second kappa shape index (κ2) is 5.27. The number of aromatic amines is 2. The van der Waals surface area contributed by atoms with E-state index in [2.05, 4.69) is 38.1 Å². The average molecular weight is 326 g/mol. The molecule has 0 radical (unpaired) electrons. The Morgan fingerprint density at radius 1 is 1.04 bits per heavy atom. The molecule has 0 saturated carbocycles. The molecule has 1 aliphatic heterocycles. The van der Waals surface area contributed by atoms with E-state index in [1.807, 2.05) is 36.8 Å². The first-order valence-corrected chi connectivity index (χ1v) is 8.09. The SMILES string of the molecule is O=C1N=Cc2c(-c3cnc4[nH]cc(Cc5ccccc5)c4c3)c[nH]c21. The summed E-state index contributed by atoms with van der Waals surface area (Å²) in [6.07, 6.45) is 8.15. The number of H-pyrrole nitrogens is 2. The summed E-state index contributed by atoms with van der Waals surface area (Å²) < 4.78 is 0. The number of hydrogen-bond acceptors (Lipinski definition) is 2. The number of hydrogen-bond donors (Lipinski definition) is 2. The van der Waals surface area contributed by atoms with Gasteiger partial charge in [-0.2, -0.15) is 0 Å². The summed E-state index contributed by atoms with van der Waals surface area (Å²) in [7, 11) is 0. The molecule has 2 N–H and O–H groups in total. The fourth-order valence-corrected chi connectivity index (χ4v) is 3.34. The summed E-state index contributed by atoms with van der Waals surface area (Å²) in [5.41, 5.74) is 6.64. The molecule has 120 valence electrons. The maximum atomic E-state index is 11.7. The number of carbonyl (C=O) groups is 1. The topological polar surface area (TPSA) is 73.9 Å². The van der Waals surface area contributed by atoms with Crippen LogP contribution in [-0.2, 0) is 6.42 Å². The van der Waals surface area contributed by atoms with Crippen LogP contribution in [0.3, 0.4) is 0 Å². The Kier molecular flexibility index (Phi) is 2.94. The van der Waals surface area contributed by atoms with Crippen LogP contribution in [0, 0.1) is 0 Å². The lowest BCUT2D eigenvalue weighted by Crippen LogP contribution is -1.90. The highest BCUT2D eigenvalue weighted by molar-refractivity contribution is 6.15. The molecule has 0 unspecified atom stereocenters. The highest BCUT2D eigenvalue weighted by Crippen LogP contribution is 2.30. The minimum Gasteiger partial charge on any atom is -0.356 e. The van der Waals surface area contributed by atoms with E-state index in [-0.39, 0.29) is 5.91 Å². The van der Waals surface area contributed by atoms with Crippen LogP contribution in [0.4, 0.5) is 0 Å². The highest BCUT2D eigenvalue weighted by atomic mass is 16.1. The molecule has 0 spiro atoms. The number of nitrogens with zero attached hydrogens (tertiary/aromatic N) is 2. The van der Waals surface area contributed by atoms with Crippen molar-refractivity contribution in [3.63, 3.8) is 0 Å². The van der Waals surface area contributed by atoms with Gasteiger partial charge in [-0.1, -0.05) is 30.3 Å². The smallest absolute Gasteiger partial charge is 0.294 e. The van der Waals surface area contributed by atoms with Gasteiger partial charge in [-0.15, -0.1) is 0 Å². The van der Waals surface area contributed by atoms with E-state index in [1.54, 1.807) is 6.21 Å². The Morgan fingerprint density at radius 3 is 2.80 bits per heavy atom. The van der Waals surface area contributed by atoms with Crippen molar-refractivity contribution in [1.82, 2.24) is 15.0 Å². The third kappa shape index (κ3) is 2.21. The minimum absolute atomic E-state index is 0.221. The normalized spacial score (nSPS) is 12.9. The Balaban J connectivity index is 1.60. The molecule has 5 nitrogen and oxygen atoms in total. The van der Waals surface area contributed by atoms with Crippen LogP contribution in [0.2, 0.25) is 0 Å². The number of benzene rings is 1. The van der Waals surface area contributed by atoms with Crippen molar-refractivity contribution in [3.8, 4) is 11.1 Å². The molecule has 4 aromatic rings. The second-order valence-electron chi connectivity index (χ2n) is 6.15. The second-order valence-corrected chi connectivity index (χ2v) is 6.15. The van der Waals surface area contributed by atoms with Crippen molar-refractivity contribution in [3.05, 3.63) is 77.4 Å². The Morgan fingerprint density at radius 2 is 1.92 bits per heavy atom. The van der Waals surface area contributed by atoms with E-state index in [1.165, 1.54) is 11.1 Å². The zero-order chi connectivity index (χ0) is 16.8. The van der Waals surface area contributed by atoms with E-state index in [0.717, 1.165) is 34.1 Å². The van der Waals surface area contributed by atoms with Gasteiger partial charge >= 0.3 is 0 Å². The molecule has 0 saturated heterocycles. The molecular formula is C20H14N4O. The molecule has 4 heterocycles. The van der Waals surface area contributed by atoms with Crippen LogP contribution in [0.15, 0.2) is 60.0 Å². The van der Waals surface area contributed by atoms with Crippen molar-refractivity contribution in [2.24, 2.45) is 4.99 Å². The van der Waals surface area contributed by atoms with Gasteiger partial charge in [0.05, 0.1) is 0 Å². The minimum atomic E-state index is -0.221. The van der Waals surface area contributed by atoms with E-state index < -0.39 is 0 Å². The first kappa shape index (κ1) is 13.9. The zero-order valence-corrected chi connectivity index (χ0v) is 13.3. The Hall–Kier alpha value is -3.47. The molecule has 25 heavy (non-hydrogen) atoms. The van der Waals surface area contributed by atoms with Gasteiger partial charge in [0.1, 0.15) is 11.3 Å². The van der Waals surface area contributed by atoms with Gasteiger partial charge in [0.2, 0.25) is 0 Å². The molecule has 5 rings (SSSR count). The lowest BCUT2D eigenvalue weighted by atomic mass is 10.0. The zero-order valence-electron chi connectivity index (χ0n) is 13.3. The van der Waals surface area contributed by atoms with Crippen molar-refractivity contribution in [1.29, 1.82) is 0 Å². The van der Waals surface area contributed by atoms with Crippen LogP contribution in [0.1, 0.15) is 27.2 Å². The maximum Gasteiger partial charge on any atom is 0.294 e. The summed E-state index contributed by atoms with van der Waals surface area (Å²) in [5, 5.41) is 1.09. The Labute approximate surface area is 143 Å². The lowest BCUT2D eigenvalue weighted by Gasteiger charge is -2.03. The van der Waals surface area contributed by atoms with Crippen LogP contribution in [0.25, 0.3) is 22.2 Å². The van der Waals surface area contributed by atoms with Gasteiger partial charge in [-0.05, 0) is 23.6 Å². The van der Waals surface area contributed by atoms with Gasteiger partial charge in [0.15, 0.2) is 0 Å². The summed E-state index contributed by atoms with van der Waals surface area (Å²) in [5.74, 6) is -0.221. The quantitative estimate of drug-likeness (QED) is 0.602. The first-order chi connectivity index (χ1) is 12.3. The van der Waals surface area contributed by atoms with Crippen LogP contribution < -0.4 is 0 Å². The fourth-order valence-electron chi connectivity index (χ4n) is 3.34. The number of fused-ring (bicyclic) bond motifs is 2. The average Bonchev–Trinajstić information content (AvgIpc) is 3.33. The van der Waals surface area contributed by atoms with Gasteiger partial charge in [0, 0.05) is 46.9 Å². The molecule has 0 aliphatic carbocycles. The molecular weight excluding hydrogens is 312 g/mol. The molecule has 1 amide bonds. The van der Waals surface area contributed by atoms with Crippen LogP contribution in [-0.4, -0.2) is 27.1 Å². The summed E-state index contributed by atoms with van der Waals surface area (Å²) in [6, 6.07) is 12.5. The van der Waals surface area contributed by atoms with Crippen molar-refractivity contribution in [2.45, 2.75) is 6.42 Å². The largest absolute Gasteiger partial charge is 0.356 e. The number of carbonyl (C=O) groups excluding carboxylic acids is 1. The number of rotatable bonds is 3. The van der Waals surface area contributed by atoms with Crippen LogP contribution in [0.5, 0.6) is 0 Å². The highest BCUT2D eigenvalue weighted by Gasteiger charge is 2.22. The van der Waals surface area contributed by atoms with Gasteiger partial charge in [-0.3, -0.25) is 4.79 Å². The third-order valence-electron chi connectivity index (χ3n) is 4.61. The lowest BCUT2D eigenvalue weighted by molar-refractivity contribution is 0.100. The molecule has 1 aromatic carbocycles. The standard InChI is InChI=1S/C20H14N4O/c25-20-18-17(11-24-20)16(10-21-18)14-7-15-13(8-22-19(15)23-9-14)6-12-4-2-1-3-5-12/h1-5,7-11,21H,6H2,(H,22,23). The van der Waals surface area contributed by atoms with Gasteiger partial charge in [-0.25, -0.2) is 9.98 Å². The van der Waals surface area contributed by atoms with E-state index in [4.69, 9.17) is 0 Å². The molecule has 0 fully saturated rings. The summed E-state index contributed by atoms with van der Waals surface area (Å²) >= 11 is 0. The van der Waals surface area contributed by atoms with Crippen molar-refractivity contribution >= 4 is 23.2 Å². The summed E-state index contributed by atoms with van der Waals surface area (Å²) in [4.78, 5) is 26.3. The molecule has 0 bridgehead atoms. The number of amides is 1. The van der Waals surface area contributed by atoms with Crippen LogP contribution >= 0.6 is 0 Å². The number of pyridine rings is 1. The number of aromatic nitrogens is 3. The molecule has 0 atom stereocenters. The van der Waals surface area contributed by atoms with E-state index >= 15 is 0 Å². The fraction of sp³-hybridized carbons (Fsp3) is 0.0500. The van der Waals surface area contributed by atoms with Gasteiger partial charge in [0.25, 0.3) is 5.91 Å². The van der Waals surface area contributed by atoms with E-state index in [9.17, 15) is 4.79 Å². The van der Waals surface area contributed by atoms with E-state index in [0.29, 0.717) is 5.69 Å². The predicted octanol–water partition coefficient (Wildman–Crippen LogP) is 3.72. The number of nitrogens with one attached hydrogen (secondary N) is 2. The van der Waals surface area contributed by atoms with Crippen molar-refractivity contribution in [2.75, 3.05) is 0 Å².